The Morgan fingerprint density at radius 3 is 2.49 bits per heavy atom. The van der Waals surface area contributed by atoms with Gasteiger partial charge in [0.15, 0.2) is 6.61 Å². The second kappa shape index (κ2) is 11.4. The molecule has 8 nitrogen and oxygen atoms in total. The number of carbonyl (C=O) groups excluding carboxylic acids is 2. The number of benzene rings is 3. The number of fused-ring (bicyclic) bond motifs is 1. The molecule has 2 unspecified atom stereocenters. The molecule has 198 valence electrons. The fraction of sp³-hybridized carbons (Fsp3) is 0.207. The van der Waals surface area contributed by atoms with Crippen LogP contribution in [0.4, 0.5) is 5.69 Å². The quantitative estimate of drug-likeness (QED) is 0.185. The highest BCUT2D eigenvalue weighted by Crippen LogP contribution is 2.44. The Morgan fingerprint density at radius 2 is 1.79 bits per heavy atom. The van der Waals surface area contributed by atoms with Crippen molar-refractivity contribution in [1.29, 1.82) is 0 Å². The Morgan fingerprint density at radius 1 is 1.05 bits per heavy atom. The van der Waals surface area contributed by atoms with Crippen molar-refractivity contribution >= 4 is 52.6 Å². The summed E-state index contributed by atoms with van der Waals surface area (Å²) in [7, 11) is 0. The number of hydrogen-bond donors (Lipinski definition) is 0. The Hall–Kier alpha value is -4.01. The summed E-state index contributed by atoms with van der Waals surface area (Å²) in [5.74, 6) is -1.28. The molecule has 2 aliphatic rings. The Labute approximate surface area is 234 Å². The van der Waals surface area contributed by atoms with Crippen LogP contribution in [-0.4, -0.2) is 34.1 Å². The number of nitro benzene ring substituents is 1. The molecule has 1 saturated carbocycles. The zero-order valence-electron chi connectivity index (χ0n) is 20.6. The second-order valence-corrected chi connectivity index (χ2v) is 10.2. The molecular formula is C29H23Cl2N3O5. The van der Waals surface area contributed by atoms with Gasteiger partial charge in [0.05, 0.1) is 22.2 Å². The molecule has 3 aromatic carbocycles. The van der Waals surface area contributed by atoms with Crippen LogP contribution in [0.15, 0.2) is 83.5 Å². The molecule has 10 heteroatoms. The van der Waals surface area contributed by atoms with Gasteiger partial charge in [0.25, 0.3) is 11.6 Å². The fourth-order valence-electron chi connectivity index (χ4n) is 4.99. The van der Waals surface area contributed by atoms with E-state index in [1.165, 1.54) is 29.3 Å². The van der Waals surface area contributed by atoms with Crippen LogP contribution in [0.5, 0.6) is 0 Å². The van der Waals surface area contributed by atoms with Crippen LogP contribution in [-0.2, 0) is 9.53 Å². The topological polar surface area (TPSA) is 102 Å². The van der Waals surface area contributed by atoms with Gasteiger partial charge in [0.1, 0.15) is 0 Å². The van der Waals surface area contributed by atoms with Crippen molar-refractivity contribution < 1.29 is 19.2 Å². The fourth-order valence-corrected chi connectivity index (χ4v) is 5.32. The summed E-state index contributed by atoms with van der Waals surface area (Å²) < 4.78 is 5.28. The molecule has 39 heavy (non-hydrogen) atoms. The number of rotatable bonds is 6. The van der Waals surface area contributed by atoms with Crippen molar-refractivity contribution in [2.24, 2.45) is 11.0 Å². The highest BCUT2D eigenvalue weighted by Gasteiger charge is 2.43. The van der Waals surface area contributed by atoms with E-state index in [2.05, 4.69) is 6.08 Å². The minimum absolute atomic E-state index is 0.0420. The summed E-state index contributed by atoms with van der Waals surface area (Å²) in [4.78, 5) is 36.3. The Bertz CT molecular complexity index is 1490. The van der Waals surface area contributed by atoms with Crippen molar-refractivity contribution in [3.8, 4) is 0 Å². The third-order valence-electron chi connectivity index (χ3n) is 6.80. The smallest absolute Gasteiger partial charge is 0.338 e. The molecule has 1 aliphatic carbocycles. The first-order valence-electron chi connectivity index (χ1n) is 12.3. The van der Waals surface area contributed by atoms with Gasteiger partial charge < -0.3 is 4.74 Å². The molecule has 2 atom stereocenters. The molecule has 1 fully saturated rings. The van der Waals surface area contributed by atoms with E-state index < -0.39 is 23.4 Å². The van der Waals surface area contributed by atoms with Crippen LogP contribution in [0, 0.1) is 16.0 Å². The van der Waals surface area contributed by atoms with Gasteiger partial charge in [-0.05, 0) is 78.4 Å². The summed E-state index contributed by atoms with van der Waals surface area (Å²) in [5.41, 5.74) is 3.65. The van der Waals surface area contributed by atoms with E-state index in [-0.39, 0.29) is 23.2 Å². The molecule has 5 rings (SSSR count). The number of hydrazone groups is 1. The number of non-ortho nitro benzene ring substituents is 1. The molecule has 0 radical (unpaired) electrons. The van der Waals surface area contributed by atoms with Gasteiger partial charge in [-0.3, -0.25) is 14.9 Å². The molecule has 0 saturated heterocycles. The lowest BCUT2D eigenvalue weighted by molar-refractivity contribution is -0.384. The number of carbonyl (C=O) groups is 2. The molecule has 0 spiro atoms. The number of nitrogens with zero attached hydrogens (tertiary/aromatic N) is 3. The van der Waals surface area contributed by atoms with Crippen LogP contribution in [0.3, 0.4) is 0 Å². The number of ether oxygens (including phenoxy) is 1. The minimum Gasteiger partial charge on any atom is -0.452 e. The molecule has 0 aromatic heterocycles. The van der Waals surface area contributed by atoms with E-state index in [0.29, 0.717) is 10.0 Å². The number of amides is 1. The van der Waals surface area contributed by atoms with Crippen LogP contribution < -0.4 is 0 Å². The third-order valence-corrected chi connectivity index (χ3v) is 7.29. The zero-order valence-corrected chi connectivity index (χ0v) is 22.1. The van der Waals surface area contributed by atoms with Crippen LogP contribution in [0.1, 0.15) is 46.8 Å². The van der Waals surface area contributed by atoms with Crippen molar-refractivity contribution in [1.82, 2.24) is 5.01 Å². The SMILES string of the molecule is O=C(OCC(=O)N1N=C2C(=Cc3cccc(Cl)c3)CCCC2C1c1ccc(Cl)cc1)c1ccc([N+](=O)[O-])cc1. The molecule has 1 heterocycles. The normalized spacial score (nSPS) is 19.4. The maximum absolute atomic E-state index is 13.4. The summed E-state index contributed by atoms with van der Waals surface area (Å²) >= 11 is 12.3. The largest absolute Gasteiger partial charge is 0.452 e. The highest BCUT2D eigenvalue weighted by atomic mass is 35.5. The maximum Gasteiger partial charge on any atom is 0.338 e. The average Bonchev–Trinajstić information content (AvgIpc) is 3.33. The van der Waals surface area contributed by atoms with Crippen molar-refractivity contribution in [3.63, 3.8) is 0 Å². The monoisotopic (exact) mass is 563 g/mol. The van der Waals surface area contributed by atoms with E-state index in [1.807, 2.05) is 36.4 Å². The first kappa shape index (κ1) is 26.6. The highest BCUT2D eigenvalue weighted by molar-refractivity contribution is 6.31. The predicted molar refractivity (Wildman–Crippen MR) is 149 cm³/mol. The van der Waals surface area contributed by atoms with E-state index in [1.54, 1.807) is 12.1 Å². The predicted octanol–water partition coefficient (Wildman–Crippen LogP) is 6.88. The number of esters is 1. The number of hydrogen-bond acceptors (Lipinski definition) is 6. The third kappa shape index (κ3) is 5.87. The van der Waals surface area contributed by atoms with E-state index in [4.69, 9.17) is 33.0 Å². The van der Waals surface area contributed by atoms with Gasteiger partial charge in [0, 0.05) is 28.1 Å². The molecular weight excluding hydrogens is 541 g/mol. The van der Waals surface area contributed by atoms with E-state index in [9.17, 15) is 19.7 Å². The van der Waals surface area contributed by atoms with Gasteiger partial charge in [0.2, 0.25) is 0 Å². The number of nitro groups is 1. The van der Waals surface area contributed by atoms with Gasteiger partial charge in [-0.2, -0.15) is 5.10 Å². The lowest BCUT2D eigenvalue weighted by Crippen LogP contribution is -2.34. The van der Waals surface area contributed by atoms with Crippen molar-refractivity contribution in [2.45, 2.75) is 25.3 Å². The lowest BCUT2D eigenvalue weighted by Gasteiger charge is -2.29. The first-order chi connectivity index (χ1) is 18.8. The second-order valence-electron chi connectivity index (χ2n) is 9.32. The van der Waals surface area contributed by atoms with Gasteiger partial charge in [-0.15, -0.1) is 0 Å². The van der Waals surface area contributed by atoms with Crippen molar-refractivity contribution in [3.05, 3.63) is 115 Å². The van der Waals surface area contributed by atoms with Crippen LogP contribution in [0.2, 0.25) is 10.0 Å². The van der Waals surface area contributed by atoms with Gasteiger partial charge in [-0.25, -0.2) is 9.80 Å². The molecule has 1 aliphatic heterocycles. The Balaban J connectivity index is 1.41. The zero-order chi connectivity index (χ0) is 27.5. The molecule has 0 bridgehead atoms. The summed E-state index contributed by atoms with van der Waals surface area (Å²) in [6, 6.07) is 19.5. The van der Waals surface area contributed by atoms with Crippen LogP contribution >= 0.6 is 23.2 Å². The van der Waals surface area contributed by atoms with E-state index in [0.717, 1.165) is 41.7 Å². The summed E-state index contributed by atoms with van der Waals surface area (Å²) in [5, 5.41) is 18.3. The molecule has 1 amide bonds. The van der Waals surface area contributed by atoms with Gasteiger partial charge in [-0.1, -0.05) is 47.5 Å². The number of allylic oxidation sites excluding steroid dienone is 1. The Kier molecular flexibility index (Phi) is 7.77. The van der Waals surface area contributed by atoms with Crippen LogP contribution in [0.25, 0.3) is 6.08 Å². The standard InChI is InChI=1S/C29H23Cl2N3O5/c30-22-11-7-19(8-12-22)28-25-6-2-4-21(15-18-3-1-5-23(31)16-18)27(25)32-33(28)26(35)17-39-29(36)20-9-13-24(14-10-20)34(37)38/h1,3,5,7-16,25,28H,2,4,6,17H2. The number of halogens is 2. The van der Waals surface area contributed by atoms with Crippen molar-refractivity contribution in [2.75, 3.05) is 6.61 Å². The maximum atomic E-state index is 13.4. The van der Waals surface area contributed by atoms with E-state index >= 15 is 0 Å². The minimum atomic E-state index is -0.757. The molecule has 0 N–H and O–H groups in total. The average molecular weight is 564 g/mol. The molecule has 3 aromatic rings. The summed E-state index contributed by atoms with van der Waals surface area (Å²) in [6.45, 7) is -0.531. The first-order valence-corrected chi connectivity index (χ1v) is 13.1. The van der Waals surface area contributed by atoms with Gasteiger partial charge >= 0.3 is 5.97 Å². The lowest BCUT2D eigenvalue weighted by atomic mass is 9.77. The summed E-state index contributed by atoms with van der Waals surface area (Å²) in [6.07, 6.45) is 4.63.